The average Bonchev–Trinajstić information content (AvgIpc) is 3.97. The summed E-state index contributed by atoms with van der Waals surface area (Å²) in [5, 5.41) is 42.3. The van der Waals surface area contributed by atoms with Gasteiger partial charge in [-0.05, 0) is 150 Å². The Hall–Kier alpha value is -10.2. The summed E-state index contributed by atoms with van der Waals surface area (Å²) in [6.45, 7) is 0. The van der Waals surface area contributed by atoms with Crippen LogP contribution in [0.25, 0.3) is 66.3 Å². The number of carboxylic acids is 3. The number of methoxy groups -OCH3 is 2. The van der Waals surface area contributed by atoms with Crippen LogP contribution in [0.3, 0.4) is 0 Å². The zero-order valence-corrected chi connectivity index (χ0v) is 45.1. The van der Waals surface area contributed by atoms with Crippen LogP contribution in [0.1, 0.15) is 36.6 Å². The van der Waals surface area contributed by atoms with E-state index in [4.69, 9.17) is 40.0 Å². The molecule has 0 fully saturated rings. The van der Waals surface area contributed by atoms with Crippen molar-refractivity contribution in [1.29, 1.82) is 0 Å². The van der Waals surface area contributed by atoms with E-state index in [9.17, 15) is 32.7 Å². The smallest absolute Gasteiger partial charge is 0.497 e. The molecule has 0 unspecified atom stereocenters. The first-order chi connectivity index (χ1) is 38.9. The van der Waals surface area contributed by atoms with Crippen molar-refractivity contribution < 1.29 is 76.9 Å². The molecule has 412 valence electrons. The number of rotatable bonds is 14. The molecule has 0 radical (unpaired) electrons. The van der Waals surface area contributed by atoms with Crippen molar-refractivity contribution in [3.63, 3.8) is 0 Å². The van der Waals surface area contributed by atoms with Crippen molar-refractivity contribution in [2.45, 2.75) is 6.18 Å². The molecule has 0 amide bonds. The summed E-state index contributed by atoms with van der Waals surface area (Å²) in [6, 6.07) is 51.3. The predicted molar refractivity (Wildman–Crippen MR) is 295 cm³/mol. The predicted octanol–water partition coefficient (Wildman–Crippen LogP) is 13.6. The van der Waals surface area contributed by atoms with Crippen molar-refractivity contribution in [1.82, 2.24) is 24.9 Å². The maximum atomic E-state index is 13.6. The number of benzene rings is 4. The molecule has 3 N–H and O–H groups in total. The average molecular weight is 1210 g/mol. The Bertz CT molecular complexity index is 3770. The number of aromatic carboxylic acids is 3. The molecule has 0 aliphatic heterocycles. The van der Waals surface area contributed by atoms with E-state index in [1.54, 1.807) is 43.9 Å². The van der Waals surface area contributed by atoms with Gasteiger partial charge in [0.25, 0.3) is 0 Å². The van der Waals surface area contributed by atoms with Crippen LogP contribution in [0.2, 0.25) is 0 Å². The Morgan fingerprint density at radius 1 is 0.537 bits per heavy atom. The Kier molecular flexibility index (Phi) is 19.3. The second-order valence-corrected chi connectivity index (χ2v) is 18.0. The number of ether oxygens (including phenoxy) is 2. The molecule has 6 aromatic heterocycles. The van der Waals surface area contributed by atoms with Crippen LogP contribution in [0.5, 0.6) is 11.5 Å². The third-order valence-corrected chi connectivity index (χ3v) is 12.9. The van der Waals surface area contributed by atoms with Gasteiger partial charge in [-0.2, -0.15) is 13.2 Å². The van der Waals surface area contributed by atoms with Gasteiger partial charge >= 0.3 is 43.6 Å². The molecule has 18 nitrogen and oxygen atoms in total. The monoisotopic (exact) mass is 1210 g/mol. The van der Waals surface area contributed by atoms with E-state index in [0.29, 0.717) is 17.1 Å². The van der Waals surface area contributed by atoms with Gasteiger partial charge in [0.2, 0.25) is 0 Å². The van der Waals surface area contributed by atoms with Crippen LogP contribution in [-0.4, -0.2) is 77.5 Å². The van der Waals surface area contributed by atoms with Gasteiger partial charge in [-0.1, -0.05) is 24.3 Å². The fraction of sp³-hybridized carbons (Fsp3) is 0.0508. The third kappa shape index (κ3) is 14.9. The van der Waals surface area contributed by atoms with Crippen LogP contribution in [0.15, 0.2) is 188 Å². The minimum atomic E-state index is -4.48. The number of halogens is 3. The Morgan fingerprint density at radius 2 is 0.976 bits per heavy atom. The Labute approximate surface area is 481 Å². The normalized spacial score (nSPS) is 10.6. The molecule has 0 bridgehead atoms. The van der Waals surface area contributed by atoms with E-state index < -0.39 is 34.7 Å². The van der Waals surface area contributed by atoms with Crippen LogP contribution in [0.4, 0.5) is 30.2 Å². The minimum absolute atomic E-state index is 0. The van der Waals surface area contributed by atoms with Crippen LogP contribution in [-0.2, 0) is 25.7 Å². The number of aromatic nitrogens is 5. The maximum Gasteiger partial charge on any atom is 2.00 e. The van der Waals surface area contributed by atoms with Crippen molar-refractivity contribution in [2.75, 3.05) is 19.1 Å². The Morgan fingerprint density at radius 3 is 1.44 bits per heavy atom. The summed E-state index contributed by atoms with van der Waals surface area (Å²) >= 11 is 1.59. The summed E-state index contributed by atoms with van der Waals surface area (Å²) in [6.07, 6.45) is -0.269. The molecule has 0 saturated carbocycles. The van der Waals surface area contributed by atoms with Crippen molar-refractivity contribution >= 4 is 46.3 Å². The standard InChI is InChI=1S/C41H29F3N3O2S.C18H11N3O6.NO3.Ru/c1-48-34-17-13-32(14-18-34)47(33-15-19-35(49-2)20-16-33)31-11-9-27(10-12-31)39-21-22-40(50-39)29-25-37(28-6-5-7-30(24-28)41(42,43)44)46-38(26-29)36-8-3-4-23-45-36;22-16(23)9-1-3-19-12(5-9)14-7-11(18(26)27)8-15(21-14)13-6-10(17(24)25)2-4-20-13;2-1(3)4;/h3-5,7-26H,1-2H3;1-8H,(H,22,23)(H,24,25)(H,26,27);;/q-1;;-1;+2. The molecule has 0 spiro atoms. The Balaban J connectivity index is 0.000000255. The van der Waals surface area contributed by atoms with Crippen molar-refractivity contribution in [2.24, 2.45) is 0 Å². The number of hydrogen-bond donors (Lipinski definition) is 3. The van der Waals surface area contributed by atoms with Gasteiger partial charge < -0.3 is 45.0 Å². The van der Waals surface area contributed by atoms with Crippen LogP contribution < -0.4 is 14.4 Å². The molecule has 0 aliphatic carbocycles. The molecule has 0 saturated heterocycles. The van der Waals surface area contributed by atoms with E-state index in [2.05, 4.69) is 61.2 Å². The zero-order valence-electron chi connectivity index (χ0n) is 42.5. The van der Waals surface area contributed by atoms with Gasteiger partial charge in [-0.15, -0.1) is 41.2 Å². The zero-order chi connectivity index (χ0) is 57.8. The van der Waals surface area contributed by atoms with E-state index >= 15 is 0 Å². The third-order valence-electron chi connectivity index (χ3n) is 11.7. The van der Waals surface area contributed by atoms with Crippen LogP contribution in [0, 0.1) is 21.4 Å². The number of pyridine rings is 5. The van der Waals surface area contributed by atoms with E-state index in [1.165, 1.54) is 54.9 Å². The minimum Gasteiger partial charge on any atom is -0.497 e. The first kappa shape index (κ1) is 59.4. The molecule has 10 aromatic rings. The molecular formula is C59H40F3N7O11RuS. The fourth-order valence-corrected chi connectivity index (χ4v) is 8.90. The summed E-state index contributed by atoms with van der Waals surface area (Å²) in [5.74, 6) is -2.01. The maximum absolute atomic E-state index is 13.6. The number of nitrogens with zero attached hydrogens (tertiary/aromatic N) is 7. The van der Waals surface area contributed by atoms with Gasteiger partial charge in [0.15, 0.2) is 0 Å². The van der Waals surface area contributed by atoms with E-state index in [0.717, 1.165) is 61.6 Å². The summed E-state index contributed by atoms with van der Waals surface area (Å²) < 4.78 is 51.5. The van der Waals surface area contributed by atoms with Gasteiger partial charge in [-0.25, -0.2) is 19.4 Å². The second kappa shape index (κ2) is 26.6. The number of carbonyl (C=O) groups is 3. The molecule has 82 heavy (non-hydrogen) atoms. The van der Waals surface area contributed by atoms with Gasteiger partial charge in [-0.3, -0.25) is 19.9 Å². The summed E-state index contributed by atoms with van der Waals surface area (Å²) in [7, 11) is 3.29. The molecule has 6 heterocycles. The molecule has 23 heteroatoms. The molecule has 0 aliphatic rings. The second-order valence-electron chi connectivity index (χ2n) is 16.9. The topological polar surface area (TPSA) is 264 Å². The summed E-state index contributed by atoms with van der Waals surface area (Å²) in [5.41, 5.74) is 6.19. The van der Waals surface area contributed by atoms with Gasteiger partial charge in [0.05, 0.1) is 70.2 Å². The number of hydrogen-bond acceptors (Lipinski definition) is 15. The number of alkyl halides is 3. The van der Waals surface area contributed by atoms with Gasteiger partial charge in [0, 0.05) is 45.4 Å². The number of anilines is 3. The van der Waals surface area contributed by atoms with Crippen LogP contribution >= 0.6 is 11.3 Å². The molecular weight excluding hydrogens is 1170 g/mol. The number of thiophene rings is 1. The quantitative estimate of drug-likeness (QED) is 0.0395. The molecule has 0 atom stereocenters. The SMILES string of the molecule is COc1ccc(N(c2ccc(OC)cc2)c2ccc(-c3ccc(-c4cc(-c5[c-]ccc(C(F)(F)F)c5)nc(-c5ccccn5)c4)s3)cc2)cc1.O=C(O)c1ccnc(-c2cc(C(=O)O)cc(-c3cc(C(=O)O)ccn3)n2)c1.O=[N+]([O-])[O-].[Ru+2]. The van der Waals surface area contributed by atoms with E-state index in [1.807, 2.05) is 72.8 Å². The van der Waals surface area contributed by atoms with E-state index in [-0.39, 0.29) is 64.5 Å². The molecule has 10 rings (SSSR count). The molecule has 4 aromatic carbocycles. The summed E-state index contributed by atoms with van der Waals surface area (Å²) in [4.78, 5) is 67.6. The van der Waals surface area contributed by atoms with Gasteiger partial charge in [0.1, 0.15) is 11.5 Å². The fourth-order valence-electron chi connectivity index (χ4n) is 7.90. The van der Waals surface area contributed by atoms with Crippen molar-refractivity contribution in [3.05, 3.63) is 232 Å². The largest absolute Gasteiger partial charge is 2.00 e. The first-order valence-corrected chi connectivity index (χ1v) is 24.5. The first-order valence-electron chi connectivity index (χ1n) is 23.7. The number of carboxylic acid groups (broad SMARTS) is 3. The van der Waals surface area contributed by atoms with Crippen molar-refractivity contribution in [3.8, 4) is 77.8 Å².